The Morgan fingerprint density at radius 1 is 0.952 bits per heavy atom. The van der Waals surface area contributed by atoms with Gasteiger partial charge in [-0.2, -0.15) is 5.10 Å². The third-order valence-corrected chi connectivity index (χ3v) is 2.65. The predicted octanol–water partition coefficient (Wildman–Crippen LogP) is 1.57. The highest BCUT2D eigenvalue weighted by molar-refractivity contribution is 5.96. The van der Waals surface area contributed by atoms with Gasteiger partial charge in [0.25, 0.3) is 11.8 Å². The Kier molecular flexibility index (Phi) is 5.23. The molecule has 5 heteroatoms. The summed E-state index contributed by atoms with van der Waals surface area (Å²) in [5.41, 5.74) is 3.75. The van der Waals surface area contributed by atoms with Gasteiger partial charge in [-0.3, -0.25) is 9.59 Å². The first-order valence-corrected chi connectivity index (χ1v) is 6.46. The average molecular weight is 281 g/mol. The van der Waals surface area contributed by atoms with E-state index in [2.05, 4.69) is 15.8 Å². The van der Waals surface area contributed by atoms with Crippen molar-refractivity contribution in [3.05, 3.63) is 71.8 Å². The molecule has 106 valence electrons. The van der Waals surface area contributed by atoms with E-state index >= 15 is 0 Å². The van der Waals surface area contributed by atoms with Crippen molar-refractivity contribution in [3.8, 4) is 0 Å². The van der Waals surface area contributed by atoms with Crippen LogP contribution in [-0.2, 0) is 4.79 Å². The highest BCUT2D eigenvalue weighted by atomic mass is 16.2. The quantitative estimate of drug-likeness (QED) is 0.645. The van der Waals surface area contributed by atoms with Gasteiger partial charge in [-0.25, -0.2) is 5.43 Å². The molecule has 21 heavy (non-hydrogen) atoms. The van der Waals surface area contributed by atoms with Gasteiger partial charge in [-0.05, 0) is 17.7 Å². The second-order valence-corrected chi connectivity index (χ2v) is 4.25. The molecule has 0 aliphatic rings. The summed E-state index contributed by atoms with van der Waals surface area (Å²) in [5, 5.41) is 6.34. The second-order valence-electron chi connectivity index (χ2n) is 4.25. The van der Waals surface area contributed by atoms with Gasteiger partial charge in [0, 0.05) is 5.56 Å². The normalized spacial score (nSPS) is 10.3. The van der Waals surface area contributed by atoms with Crippen LogP contribution in [0.15, 0.2) is 65.8 Å². The third-order valence-electron chi connectivity index (χ3n) is 2.65. The summed E-state index contributed by atoms with van der Waals surface area (Å²) in [6, 6.07) is 18.1. The lowest BCUT2D eigenvalue weighted by Crippen LogP contribution is -2.34. The minimum Gasteiger partial charge on any atom is -0.343 e. The minimum atomic E-state index is -0.383. The summed E-state index contributed by atoms with van der Waals surface area (Å²) >= 11 is 0. The molecule has 0 radical (unpaired) electrons. The Balaban J connectivity index is 1.75. The summed E-state index contributed by atoms with van der Waals surface area (Å²) in [7, 11) is 0. The Bertz CT molecular complexity index is 624. The van der Waals surface area contributed by atoms with Gasteiger partial charge in [0.15, 0.2) is 0 Å². The van der Waals surface area contributed by atoms with Crippen molar-refractivity contribution >= 4 is 18.0 Å². The molecule has 0 spiro atoms. The molecule has 2 aromatic rings. The second kappa shape index (κ2) is 7.59. The Morgan fingerprint density at radius 2 is 1.57 bits per heavy atom. The highest BCUT2D eigenvalue weighted by Gasteiger charge is 2.06. The van der Waals surface area contributed by atoms with Crippen LogP contribution >= 0.6 is 0 Å². The van der Waals surface area contributed by atoms with E-state index in [0.29, 0.717) is 5.56 Å². The molecule has 0 aromatic heterocycles. The van der Waals surface area contributed by atoms with Crippen LogP contribution in [0.25, 0.3) is 0 Å². The molecule has 0 bridgehead atoms. The number of amides is 2. The van der Waals surface area contributed by atoms with Crippen LogP contribution in [0, 0.1) is 0 Å². The zero-order chi connectivity index (χ0) is 14.9. The van der Waals surface area contributed by atoms with Crippen molar-refractivity contribution < 1.29 is 9.59 Å². The molecule has 0 saturated heterocycles. The maximum absolute atomic E-state index is 11.7. The number of nitrogens with zero attached hydrogens (tertiary/aromatic N) is 1. The van der Waals surface area contributed by atoms with E-state index in [0.717, 1.165) is 5.56 Å². The standard InChI is InChI=1S/C16H15N3O2/c20-15(19-18-11-13-7-3-1-4-8-13)12-17-16(21)14-9-5-2-6-10-14/h1-11H,12H2,(H,17,21)(H,19,20). The van der Waals surface area contributed by atoms with Gasteiger partial charge in [0.05, 0.1) is 12.8 Å². The first-order valence-electron chi connectivity index (χ1n) is 6.46. The lowest BCUT2D eigenvalue weighted by atomic mass is 10.2. The molecular formula is C16H15N3O2. The van der Waals surface area contributed by atoms with E-state index in [9.17, 15) is 9.59 Å². The molecular weight excluding hydrogens is 266 g/mol. The van der Waals surface area contributed by atoms with Crippen molar-refractivity contribution in [2.75, 3.05) is 6.54 Å². The van der Waals surface area contributed by atoms with Gasteiger partial charge < -0.3 is 5.32 Å². The van der Waals surface area contributed by atoms with Crippen molar-refractivity contribution in [1.29, 1.82) is 0 Å². The largest absolute Gasteiger partial charge is 0.343 e. The Hall–Kier alpha value is -2.95. The molecule has 0 atom stereocenters. The van der Waals surface area contributed by atoms with Gasteiger partial charge >= 0.3 is 0 Å². The van der Waals surface area contributed by atoms with Crippen molar-refractivity contribution in [2.24, 2.45) is 5.10 Å². The molecule has 0 heterocycles. The van der Waals surface area contributed by atoms with E-state index in [4.69, 9.17) is 0 Å². The summed E-state index contributed by atoms with van der Waals surface area (Å²) in [6.45, 7) is -0.125. The molecule has 0 saturated carbocycles. The molecule has 2 N–H and O–H groups in total. The first kappa shape index (κ1) is 14.5. The fraction of sp³-hybridized carbons (Fsp3) is 0.0625. The maximum Gasteiger partial charge on any atom is 0.259 e. The van der Waals surface area contributed by atoms with Gasteiger partial charge in [-0.1, -0.05) is 48.5 Å². The van der Waals surface area contributed by atoms with Crippen LogP contribution in [0.3, 0.4) is 0 Å². The fourth-order valence-electron chi connectivity index (χ4n) is 1.61. The average Bonchev–Trinajstić information content (AvgIpc) is 2.54. The summed E-state index contributed by atoms with van der Waals surface area (Å²) in [6.07, 6.45) is 1.54. The zero-order valence-corrected chi connectivity index (χ0v) is 11.3. The monoisotopic (exact) mass is 281 g/mol. The van der Waals surface area contributed by atoms with Crippen molar-refractivity contribution in [3.63, 3.8) is 0 Å². The van der Waals surface area contributed by atoms with E-state index < -0.39 is 0 Å². The molecule has 2 amide bonds. The number of benzene rings is 2. The molecule has 2 aromatic carbocycles. The molecule has 0 aliphatic carbocycles. The summed E-state index contributed by atoms with van der Waals surface area (Å²) in [4.78, 5) is 23.2. The van der Waals surface area contributed by atoms with Crippen molar-refractivity contribution in [2.45, 2.75) is 0 Å². The smallest absolute Gasteiger partial charge is 0.259 e. The predicted molar refractivity (Wildman–Crippen MR) is 81.0 cm³/mol. The zero-order valence-electron chi connectivity index (χ0n) is 11.3. The number of nitrogens with one attached hydrogen (secondary N) is 2. The molecule has 5 nitrogen and oxygen atoms in total. The number of rotatable bonds is 5. The Morgan fingerprint density at radius 3 is 2.24 bits per heavy atom. The van der Waals surface area contributed by atoms with E-state index in [1.54, 1.807) is 24.3 Å². The summed E-state index contributed by atoms with van der Waals surface area (Å²) in [5.74, 6) is -0.677. The lowest BCUT2D eigenvalue weighted by molar-refractivity contribution is -0.120. The van der Waals surface area contributed by atoms with Crippen LogP contribution in [0.4, 0.5) is 0 Å². The highest BCUT2D eigenvalue weighted by Crippen LogP contribution is 1.97. The van der Waals surface area contributed by atoms with Gasteiger partial charge in [0.2, 0.25) is 0 Å². The SMILES string of the molecule is O=C(CNC(=O)c1ccccc1)NN=Cc1ccccc1. The number of carbonyl (C=O) groups is 2. The van der Waals surface area contributed by atoms with Crippen molar-refractivity contribution in [1.82, 2.24) is 10.7 Å². The Labute approximate surface area is 122 Å². The van der Waals surface area contributed by atoms with Crippen LogP contribution in [0.1, 0.15) is 15.9 Å². The number of hydrogen-bond acceptors (Lipinski definition) is 3. The lowest BCUT2D eigenvalue weighted by Gasteiger charge is -2.03. The van der Waals surface area contributed by atoms with Gasteiger partial charge in [0.1, 0.15) is 0 Å². The van der Waals surface area contributed by atoms with E-state index in [1.807, 2.05) is 36.4 Å². The minimum absolute atomic E-state index is 0.125. The molecule has 0 unspecified atom stereocenters. The molecule has 0 aliphatic heterocycles. The van der Waals surface area contributed by atoms with E-state index in [1.165, 1.54) is 6.21 Å². The first-order chi connectivity index (χ1) is 10.3. The van der Waals surface area contributed by atoms with Crippen LogP contribution in [-0.4, -0.2) is 24.6 Å². The van der Waals surface area contributed by atoms with Crippen LogP contribution in [0.2, 0.25) is 0 Å². The van der Waals surface area contributed by atoms with Crippen LogP contribution in [0.5, 0.6) is 0 Å². The third kappa shape index (κ3) is 4.91. The van der Waals surface area contributed by atoms with Crippen LogP contribution < -0.4 is 10.7 Å². The number of hydrazone groups is 1. The number of carbonyl (C=O) groups excluding carboxylic acids is 2. The molecule has 2 rings (SSSR count). The fourth-order valence-corrected chi connectivity index (χ4v) is 1.61. The topological polar surface area (TPSA) is 70.6 Å². The summed E-state index contributed by atoms with van der Waals surface area (Å²) < 4.78 is 0. The van der Waals surface area contributed by atoms with Gasteiger partial charge in [-0.15, -0.1) is 0 Å². The molecule has 0 fully saturated rings. The maximum atomic E-state index is 11.7. The van der Waals surface area contributed by atoms with E-state index in [-0.39, 0.29) is 18.4 Å². The number of hydrogen-bond donors (Lipinski definition) is 2.